The molecule has 0 spiro atoms. The molecule has 0 aromatic heterocycles. The van der Waals surface area contributed by atoms with Gasteiger partial charge in [0.2, 0.25) is 5.91 Å². The summed E-state index contributed by atoms with van der Waals surface area (Å²) in [6.45, 7) is 7.40. The van der Waals surface area contributed by atoms with Gasteiger partial charge in [0.05, 0.1) is 6.61 Å². The highest BCUT2D eigenvalue weighted by Crippen LogP contribution is 2.17. The number of hydrogen-bond donors (Lipinski definition) is 2. The maximum absolute atomic E-state index is 12.1. The molecule has 2 saturated heterocycles. The smallest absolute Gasteiger partial charge is 0.409 e. The van der Waals surface area contributed by atoms with Crippen LogP contribution in [0.1, 0.15) is 26.7 Å². The quantitative estimate of drug-likeness (QED) is 0.792. The summed E-state index contributed by atoms with van der Waals surface area (Å²) >= 11 is 0. The van der Waals surface area contributed by atoms with Gasteiger partial charge in [-0.25, -0.2) is 4.79 Å². The second-order valence-electron chi connectivity index (χ2n) is 5.68. The monoisotopic (exact) mass is 283 g/mol. The molecule has 0 aliphatic carbocycles. The van der Waals surface area contributed by atoms with Crippen molar-refractivity contribution in [1.82, 2.24) is 15.5 Å². The van der Waals surface area contributed by atoms with Crippen LogP contribution in [0.2, 0.25) is 0 Å². The fourth-order valence-corrected chi connectivity index (χ4v) is 2.63. The Labute approximate surface area is 120 Å². The molecule has 2 aliphatic rings. The van der Waals surface area contributed by atoms with Crippen LogP contribution in [0.25, 0.3) is 0 Å². The Hall–Kier alpha value is -1.30. The van der Waals surface area contributed by atoms with Gasteiger partial charge < -0.3 is 20.3 Å². The van der Waals surface area contributed by atoms with Crippen molar-refractivity contribution in [3.05, 3.63) is 0 Å². The average molecular weight is 283 g/mol. The summed E-state index contributed by atoms with van der Waals surface area (Å²) in [5, 5.41) is 6.31. The van der Waals surface area contributed by atoms with Gasteiger partial charge in [-0.15, -0.1) is 0 Å². The van der Waals surface area contributed by atoms with Gasteiger partial charge in [0.1, 0.15) is 0 Å². The van der Waals surface area contributed by atoms with Gasteiger partial charge in [0, 0.05) is 25.0 Å². The minimum Gasteiger partial charge on any atom is -0.450 e. The van der Waals surface area contributed by atoms with Gasteiger partial charge in [0.25, 0.3) is 0 Å². The Kier molecular flexibility index (Phi) is 5.23. The number of hydrogen-bond acceptors (Lipinski definition) is 4. The number of piperidine rings is 1. The summed E-state index contributed by atoms with van der Waals surface area (Å²) in [5.74, 6) is 0.681. The van der Waals surface area contributed by atoms with E-state index in [0.29, 0.717) is 25.6 Å². The van der Waals surface area contributed by atoms with E-state index in [-0.39, 0.29) is 24.0 Å². The Bertz CT molecular complexity index is 350. The summed E-state index contributed by atoms with van der Waals surface area (Å²) in [6.07, 6.45) is 1.37. The number of carbonyl (C=O) groups excluding carboxylic acids is 2. The van der Waals surface area contributed by atoms with Crippen LogP contribution in [0.3, 0.4) is 0 Å². The molecule has 6 heteroatoms. The number of nitrogens with one attached hydrogen (secondary N) is 2. The standard InChI is InChI=1S/C14H25N3O3/c1-3-20-14(19)17-6-4-12(5-7-17)16-13(18)10(2)11-8-15-9-11/h10-12,15H,3-9H2,1-2H3,(H,16,18). The maximum atomic E-state index is 12.1. The van der Waals surface area contributed by atoms with Gasteiger partial charge in [-0.2, -0.15) is 0 Å². The van der Waals surface area contributed by atoms with E-state index in [9.17, 15) is 9.59 Å². The number of ether oxygens (including phenoxy) is 1. The molecule has 6 nitrogen and oxygen atoms in total. The molecule has 2 amide bonds. The van der Waals surface area contributed by atoms with Crippen LogP contribution >= 0.6 is 0 Å². The van der Waals surface area contributed by atoms with Crippen LogP contribution in [-0.2, 0) is 9.53 Å². The molecule has 114 valence electrons. The lowest BCUT2D eigenvalue weighted by Gasteiger charge is -2.35. The Morgan fingerprint density at radius 2 is 2.00 bits per heavy atom. The molecule has 1 unspecified atom stereocenters. The highest BCUT2D eigenvalue weighted by Gasteiger charge is 2.31. The summed E-state index contributed by atoms with van der Waals surface area (Å²) in [6, 6.07) is 0.184. The second kappa shape index (κ2) is 6.92. The Morgan fingerprint density at radius 3 is 2.50 bits per heavy atom. The van der Waals surface area contributed by atoms with E-state index in [1.165, 1.54) is 0 Å². The number of amides is 2. The van der Waals surface area contributed by atoms with Crippen LogP contribution in [0.15, 0.2) is 0 Å². The van der Waals surface area contributed by atoms with E-state index in [2.05, 4.69) is 10.6 Å². The molecular formula is C14H25N3O3. The van der Waals surface area contributed by atoms with Crippen molar-refractivity contribution in [2.75, 3.05) is 32.8 Å². The molecule has 0 bridgehead atoms. The van der Waals surface area contributed by atoms with Crippen LogP contribution < -0.4 is 10.6 Å². The van der Waals surface area contributed by atoms with E-state index in [0.717, 1.165) is 25.9 Å². The fourth-order valence-electron chi connectivity index (χ4n) is 2.63. The molecule has 20 heavy (non-hydrogen) atoms. The lowest BCUT2D eigenvalue weighted by atomic mass is 9.88. The van der Waals surface area contributed by atoms with E-state index >= 15 is 0 Å². The predicted molar refractivity (Wildman–Crippen MR) is 75.3 cm³/mol. The molecule has 2 rings (SSSR count). The number of carbonyl (C=O) groups is 2. The van der Waals surface area contributed by atoms with Crippen molar-refractivity contribution in [3.63, 3.8) is 0 Å². The zero-order valence-electron chi connectivity index (χ0n) is 12.4. The number of nitrogens with zero attached hydrogens (tertiary/aromatic N) is 1. The molecule has 0 saturated carbocycles. The highest BCUT2D eigenvalue weighted by molar-refractivity contribution is 5.79. The summed E-state index contributed by atoms with van der Waals surface area (Å²) in [7, 11) is 0. The van der Waals surface area contributed by atoms with Crippen molar-refractivity contribution in [1.29, 1.82) is 0 Å². The van der Waals surface area contributed by atoms with E-state index in [1.54, 1.807) is 4.90 Å². The van der Waals surface area contributed by atoms with Gasteiger partial charge in [-0.3, -0.25) is 4.79 Å². The van der Waals surface area contributed by atoms with Gasteiger partial charge in [0.15, 0.2) is 0 Å². The summed E-state index contributed by atoms with van der Waals surface area (Å²) < 4.78 is 4.98. The third kappa shape index (κ3) is 3.62. The van der Waals surface area contributed by atoms with Crippen LogP contribution in [0, 0.1) is 11.8 Å². The minimum atomic E-state index is -0.244. The van der Waals surface area contributed by atoms with Gasteiger partial charge >= 0.3 is 6.09 Å². The summed E-state index contributed by atoms with van der Waals surface area (Å²) in [5.41, 5.74) is 0. The molecular weight excluding hydrogens is 258 g/mol. The van der Waals surface area contributed by atoms with Gasteiger partial charge in [-0.05, 0) is 38.8 Å². The van der Waals surface area contributed by atoms with E-state index < -0.39 is 0 Å². The van der Waals surface area contributed by atoms with E-state index in [4.69, 9.17) is 4.74 Å². The summed E-state index contributed by atoms with van der Waals surface area (Å²) in [4.78, 5) is 25.4. The zero-order chi connectivity index (χ0) is 14.5. The lowest BCUT2D eigenvalue weighted by Crippen LogP contribution is -2.52. The van der Waals surface area contributed by atoms with E-state index in [1.807, 2.05) is 13.8 Å². The van der Waals surface area contributed by atoms with Crippen molar-refractivity contribution < 1.29 is 14.3 Å². The Morgan fingerprint density at radius 1 is 1.35 bits per heavy atom. The normalized spacial score (nSPS) is 22.0. The minimum absolute atomic E-state index is 0.0688. The van der Waals surface area contributed by atoms with Crippen molar-refractivity contribution in [2.45, 2.75) is 32.7 Å². The molecule has 2 N–H and O–H groups in total. The van der Waals surface area contributed by atoms with Gasteiger partial charge in [-0.1, -0.05) is 6.92 Å². The lowest BCUT2D eigenvalue weighted by molar-refractivity contribution is -0.127. The first-order valence-electron chi connectivity index (χ1n) is 7.54. The van der Waals surface area contributed by atoms with Crippen LogP contribution in [0.5, 0.6) is 0 Å². The first kappa shape index (κ1) is 15.1. The van der Waals surface area contributed by atoms with Crippen molar-refractivity contribution >= 4 is 12.0 Å². The molecule has 1 atom stereocenters. The Balaban J connectivity index is 1.71. The third-order valence-electron chi connectivity index (χ3n) is 4.30. The molecule has 0 radical (unpaired) electrons. The molecule has 2 aliphatic heterocycles. The largest absolute Gasteiger partial charge is 0.450 e. The molecule has 0 aromatic rings. The first-order chi connectivity index (χ1) is 9.61. The maximum Gasteiger partial charge on any atom is 0.409 e. The van der Waals surface area contributed by atoms with Crippen LogP contribution in [-0.4, -0.2) is 55.7 Å². The SMILES string of the molecule is CCOC(=O)N1CCC(NC(=O)C(C)C2CNC2)CC1. The van der Waals surface area contributed by atoms with Crippen molar-refractivity contribution in [3.8, 4) is 0 Å². The number of likely N-dealkylation sites (tertiary alicyclic amines) is 1. The first-order valence-corrected chi connectivity index (χ1v) is 7.54. The van der Waals surface area contributed by atoms with Crippen molar-refractivity contribution in [2.24, 2.45) is 11.8 Å². The molecule has 2 heterocycles. The molecule has 0 aromatic carbocycles. The third-order valence-corrected chi connectivity index (χ3v) is 4.30. The highest BCUT2D eigenvalue weighted by atomic mass is 16.6. The topological polar surface area (TPSA) is 70.7 Å². The zero-order valence-corrected chi connectivity index (χ0v) is 12.4. The number of rotatable bonds is 4. The average Bonchev–Trinajstić information content (AvgIpc) is 2.37. The fraction of sp³-hybridized carbons (Fsp3) is 0.857. The predicted octanol–water partition coefficient (Wildman–Crippen LogP) is 0.579. The second-order valence-corrected chi connectivity index (χ2v) is 5.68. The molecule has 2 fully saturated rings. The van der Waals surface area contributed by atoms with Crippen LogP contribution in [0.4, 0.5) is 4.79 Å².